The fraction of sp³-hybridized carbons (Fsp3) is 0.333. The second-order valence-corrected chi connectivity index (χ2v) is 6.13. The number of halogens is 1. The second-order valence-electron chi connectivity index (χ2n) is 6.13. The number of benzene rings is 1. The fourth-order valence-corrected chi connectivity index (χ4v) is 2.67. The van der Waals surface area contributed by atoms with E-state index >= 15 is 0 Å². The number of fused-ring (bicyclic) bond motifs is 1. The number of rotatable bonds is 7. The summed E-state index contributed by atoms with van der Waals surface area (Å²) in [5.41, 5.74) is -0.669. The van der Waals surface area contributed by atoms with Crippen LogP contribution in [0.2, 0.25) is 0 Å². The molecule has 3 rings (SSSR count). The zero-order valence-corrected chi connectivity index (χ0v) is 15.4. The minimum atomic E-state index is -0.544. The third kappa shape index (κ3) is 3.95. The minimum Gasteiger partial charge on any atom is -0.493 e. The van der Waals surface area contributed by atoms with E-state index in [1.807, 2.05) is 0 Å². The van der Waals surface area contributed by atoms with Crippen molar-refractivity contribution in [3.05, 3.63) is 57.2 Å². The van der Waals surface area contributed by atoms with E-state index in [2.05, 4.69) is 4.98 Å². The number of ether oxygens (including phenoxy) is 2. The molecule has 0 unspecified atom stereocenters. The summed E-state index contributed by atoms with van der Waals surface area (Å²) >= 11 is 0. The Labute approximate surface area is 158 Å². The van der Waals surface area contributed by atoms with Gasteiger partial charge in [-0.15, -0.1) is 0 Å². The minimum absolute atomic E-state index is 0.128. The van der Waals surface area contributed by atoms with E-state index in [1.165, 1.54) is 53.8 Å². The van der Waals surface area contributed by atoms with Crippen LogP contribution in [0.4, 0.5) is 4.39 Å². The van der Waals surface area contributed by atoms with Crippen LogP contribution in [0.5, 0.6) is 5.75 Å². The summed E-state index contributed by atoms with van der Waals surface area (Å²) in [6.07, 6.45) is 1.77. The van der Waals surface area contributed by atoms with Crippen molar-refractivity contribution in [2.75, 3.05) is 13.2 Å². The van der Waals surface area contributed by atoms with Crippen molar-refractivity contribution < 1.29 is 18.7 Å². The van der Waals surface area contributed by atoms with Gasteiger partial charge in [0.25, 0.3) is 5.56 Å². The summed E-state index contributed by atoms with van der Waals surface area (Å²) in [5.74, 6) is -0.362. The van der Waals surface area contributed by atoms with Crippen LogP contribution in [0, 0.1) is 5.82 Å². The van der Waals surface area contributed by atoms with Gasteiger partial charge in [0.1, 0.15) is 18.1 Å². The number of carbonyl (C=O) groups is 1. The average Bonchev–Trinajstić information content (AvgIpc) is 3.09. The maximum Gasteiger partial charge on any atom is 0.332 e. The Morgan fingerprint density at radius 1 is 1.11 bits per heavy atom. The number of hydrogen-bond donors (Lipinski definition) is 0. The Bertz CT molecular complexity index is 1110. The molecule has 28 heavy (non-hydrogen) atoms. The maximum atomic E-state index is 12.8. The van der Waals surface area contributed by atoms with Gasteiger partial charge in [0, 0.05) is 20.5 Å². The van der Waals surface area contributed by atoms with Crippen molar-refractivity contribution in [3.8, 4) is 5.75 Å². The Morgan fingerprint density at radius 2 is 1.82 bits per heavy atom. The zero-order valence-electron chi connectivity index (χ0n) is 15.4. The molecule has 0 bridgehead atoms. The number of aryl methyl sites for hydroxylation is 1. The van der Waals surface area contributed by atoms with Gasteiger partial charge in [-0.25, -0.2) is 14.2 Å². The van der Waals surface area contributed by atoms with Crippen molar-refractivity contribution in [3.63, 3.8) is 0 Å². The molecule has 0 saturated carbocycles. The molecule has 0 aliphatic heterocycles. The summed E-state index contributed by atoms with van der Waals surface area (Å²) in [7, 11) is 2.86. The molecule has 0 spiro atoms. The molecular weight excluding hydrogens is 371 g/mol. The molecule has 0 fully saturated rings. The Hall–Kier alpha value is -3.43. The van der Waals surface area contributed by atoms with Gasteiger partial charge >= 0.3 is 11.7 Å². The van der Waals surface area contributed by atoms with E-state index in [4.69, 9.17) is 9.47 Å². The number of esters is 1. The smallest absolute Gasteiger partial charge is 0.332 e. The standard InChI is InChI=1S/C18H19FN4O5/c1-21-16-15(17(25)22(2)18(21)26)23(11-20-16)10-14(24)28-9-3-8-27-13-6-4-12(19)5-7-13/h4-7,11H,3,8-10H2,1-2H3. The average molecular weight is 390 g/mol. The number of imidazole rings is 1. The fourth-order valence-electron chi connectivity index (χ4n) is 2.67. The Kier molecular flexibility index (Phi) is 5.57. The van der Waals surface area contributed by atoms with Gasteiger partial charge in [-0.1, -0.05) is 0 Å². The van der Waals surface area contributed by atoms with E-state index in [0.717, 1.165) is 4.57 Å². The van der Waals surface area contributed by atoms with Gasteiger partial charge in [-0.05, 0) is 24.3 Å². The first-order valence-corrected chi connectivity index (χ1v) is 8.53. The lowest BCUT2D eigenvalue weighted by molar-refractivity contribution is -0.144. The van der Waals surface area contributed by atoms with Crippen LogP contribution in [-0.4, -0.2) is 37.9 Å². The third-order valence-electron chi connectivity index (χ3n) is 4.15. The number of hydrogen-bond acceptors (Lipinski definition) is 6. The molecule has 0 aliphatic rings. The first-order valence-electron chi connectivity index (χ1n) is 8.53. The van der Waals surface area contributed by atoms with Crippen LogP contribution >= 0.6 is 0 Å². The molecule has 2 heterocycles. The summed E-state index contributed by atoms with van der Waals surface area (Å²) in [6, 6.07) is 5.62. The van der Waals surface area contributed by atoms with Crippen LogP contribution in [0.15, 0.2) is 40.2 Å². The highest BCUT2D eigenvalue weighted by atomic mass is 19.1. The number of nitrogens with zero attached hydrogens (tertiary/aromatic N) is 4. The van der Waals surface area contributed by atoms with Gasteiger partial charge < -0.3 is 14.0 Å². The normalized spacial score (nSPS) is 11.0. The monoisotopic (exact) mass is 390 g/mol. The van der Waals surface area contributed by atoms with E-state index in [-0.39, 0.29) is 30.1 Å². The van der Waals surface area contributed by atoms with Gasteiger partial charge in [0.15, 0.2) is 11.2 Å². The Balaban J connectivity index is 1.55. The quantitative estimate of drug-likeness (QED) is 0.433. The first kappa shape index (κ1) is 19.3. The van der Waals surface area contributed by atoms with Gasteiger partial charge in [-0.3, -0.25) is 18.7 Å². The van der Waals surface area contributed by atoms with Crippen LogP contribution < -0.4 is 16.0 Å². The molecule has 9 nitrogen and oxygen atoms in total. The predicted molar refractivity (Wildman–Crippen MR) is 97.7 cm³/mol. The van der Waals surface area contributed by atoms with Crippen molar-refractivity contribution >= 4 is 17.1 Å². The molecule has 3 aromatic rings. The second kappa shape index (κ2) is 8.07. The first-order chi connectivity index (χ1) is 13.4. The van der Waals surface area contributed by atoms with E-state index in [9.17, 15) is 18.8 Å². The summed E-state index contributed by atoms with van der Waals surface area (Å²) in [6.45, 7) is 0.224. The summed E-state index contributed by atoms with van der Waals surface area (Å²) in [4.78, 5) is 40.3. The summed E-state index contributed by atoms with van der Waals surface area (Å²) < 4.78 is 26.9. The van der Waals surface area contributed by atoms with Crippen LogP contribution in [0.25, 0.3) is 11.2 Å². The van der Waals surface area contributed by atoms with E-state index in [0.29, 0.717) is 18.8 Å². The highest BCUT2D eigenvalue weighted by Crippen LogP contribution is 2.11. The SMILES string of the molecule is Cn1c(=O)c2c(ncn2CC(=O)OCCCOc2ccc(F)cc2)n(C)c1=O. The molecule has 10 heteroatoms. The lowest BCUT2D eigenvalue weighted by Gasteiger charge is -2.08. The maximum absolute atomic E-state index is 12.8. The number of aromatic nitrogens is 4. The zero-order chi connectivity index (χ0) is 20.3. The third-order valence-corrected chi connectivity index (χ3v) is 4.15. The molecule has 0 atom stereocenters. The van der Waals surface area contributed by atoms with E-state index < -0.39 is 17.2 Å². The van der Waals surface area contributed by atoms with Crippen molar-refractivity contribution in [1.29, 1.82) is 0 Å². The van der Waals surface area contributed by atoms with Crippen molar-refractivity contribution in [2.45, 2.75) is 13.0 Å². The predicted octanol–water partition coefficient (Wildman–Crippen LogP) is 0.585. The highest BCUT2D eigenvalue weighted by Gasteiger charge is 2.16. The van der Waals surface area contributed by atoms with Crippen LogP contribution in [0.1, 0.15) is 6.42 Å². The molecule has 2 aromatic heterocycles. The molecule has 0 saturated heterocycles. The molecule has 0 N–H and O–H groups in total. The molecular formula is C18H19FN4O5. The van der Waals surface area contributed by atoms with E-state index in [1.54, 1.807) is 0 Å². The molecule has 148 valence electrons. The van der Waals surface area contributed by atoms with Gasteiger partial charge in [0.05, 0.1) is 19.5 Å². The lowest BCUT2D eigenvalue weighted by atomic mass is 10.3. The van der Waals surface area contributed by atoms with Gasteiger partial charge in [0.2, 0.25) is 0 Å². The topological polar surface area (TPSA) is 97.3 Å². The largest absolute Gasteiger partial charge is 0.493 e. The van der Waals surface area contributed by atoms with Crippen LogP contribution in [0.3, 0.4) is 0 Å². The van der Waals surface area contributed by atoms with Crippen molar-refractivity contribution in [2.24, 2.45) is 14.1 Å². The van der Waals surface area contributed by atoms with Crippen molar-refractivity contribution in [1.82, 2.24) is 18.7 Å². The summed E-state index contributed by atoms with van der Waals surface area (Å²) in [5, 5.41) is 0. The molecule has 0 radical (unpaired) electrons. The molecule has 0 amide bonds. The molecule has 0 aliphatic carbocycles. The highest BCUT2D eigenvalue weighted by molar-refractivity contribution is 5.75. The number of carbonyl (C=O) groups excluding carboxylic acids is 1. The van der Waals surface area contributed by atoms with Crippen LogP contribution in [-0.2, 0) is 30.2 Å². The molecule has 1 aromatic carbocycles. The Morgan fingerprint density at radius 3 is 2.54 bits per heavy atom. The lowest BCUT2D eigenvalue weighted by Crippen LogP contribution is -2.37. The van der Waals surface area contributed by atoms with Gasteiger partial charge in [-0.2, -0.15) is 0 Å².